The number of aliphatic imine (C=N–C) groups is 1. The molecule has 2 unspecified atom stereocenters. The number of guanidine groups is 1. The van der Waals surface area contributed by atoms with E-state index in [1.165, 1.54) is 51.1 Å². The second-order valence-electron chi connectivity index (χ2n) is 7.98. The molecule has 0 aromatic heterocycles. The van der Waals surface area contributed by atoms with Crippen molar-refractivity contribution in [3.63, 3.8) is 0 Å². The monoisotopic (exact) mass is 483 g/mol. The third kappa shape index (κ3) is 5.35. The molecule has 6 heteroatoms. The van der Waals surface area contributed by atoms with Gasteiger partial charge in [0.15, 0.2) is 5.96 Å². The number of nitrogens with zero attached hydrogens (tertiary/aromatic N) is 4. The average Bonchev–Trinajstić information content (AvgIpc) is 3.15. The normalized spacial score (nSPS) is 30.3. The SMILES string of the molecule is CCNC(=NCC1CN2CCN1CC2)N1CCC(Cc2ccccc2)C1.I. The van der Waals surface area contributed by atoms with Crippen molar-refractivity contribution in [1.29, 1.82) is 0 Å². The predicted octanol–water partition coefficient (Wildman–Crippen LogP) is 2.13. The Morgan fingerprint density at radius 1 is 1.07 bits per heavy atom. The maximum absolute atomic E-state index is 5.04. The summed E-state index contributed by atoms with van der Waals surface area (Å²) in [5.41, 5.74) is 1.46. The molecule has 4 aliphatic heterocycles. The molecule has 1 aromatic rings. The summed E-state index contributed by atoms with van der Waals surface area (Å²) in [6.45, 7) is 12.4. The van der Waals surface area contributed by atoms with E-state index in [9.17, 15) is 0 Å². The summed E-state index contributed by atoms with van der Waals surface area (Å²) in [5, 5.41) is 3.54. The van der Waals surface area contributed by atoms with E-state index in [0.717, 1.165) is 38.1 Å². The van der Waals surface area contributed by atoms with Crippen molar-refractivity contribution in [1.82, 2.24) is 20.0 Å². The Balaban J connectivity index is 0.00000210. The van der Waals surface area contributed by atoms with Crippen molar-refractivity contribution in [3.05, 3.63) is 35.9 Å². The van der Waals surface area contributed by atoms with Crippen LogP contribution in [0.5, 0.6) is 0 Å². The van der Waals surface area contributed by atoms with E-state index in [4.69, 9.17) is 4.99 Å². The van der Waals surface area contributed by atoms with Gasteiger partial charge in [-0.2, -0.15) is 0 Å². The molecule has 4 aliphatic rings. The van der Waals surface area contributed by atoms with E-state index in [1.807, 2.05) is 0 Å². The molecule has 5 nitrogen and oxygen atoms in total. The predicted molar refractivity (Wildman–Crippen MR) is 123 cm³/mol. The highest BCUT2D eigenvalue weighted by Gasteiger charge is 2.32. The Morgan fingerprint density at radius 2 is 1.85 bits per heavy atom. The second kappa shape index (κ2) is 10.1. The van der Waals surface area contributed by atoms with Crippen LogP contribution in [0.2, 0.25) is 0 Å². The van der Waals surface area contributed by atoms with Gasteiger partial charge < -0.3 is 10.2 Å². The van der Waals surface area contributed by atoms with Crippen molar-refractivity contribution >= 4 is 29.9 Å². The second-order valence-corrected chi connectivity index (χ2v) is 7.98. The molecule has 0 radical (unpaired) electrons. The Hall–Kier alpha value is -0.860. The lowest BCUT2D eigenvalue weighted by Gasteiger charge is -2.47. The van der Waals surface area contributed by atoms with Gasteiger partial charge in [-0.25, -0.2) is 0 Å². The van der Waals surface area contributed by atoms with Gasteiger partial charge in [0.25, 0.3) is 0 Å². The van der Waals surface area contributed by atoms with Crippen molar-refractivity contribution in [3.8, 4) is 0 Å². The molecule has 0 aliphatic carbocycles. The average molecular weight is 483 g/mol. The molecule has 27 heavy (non-hydrogen) atoms. The number of likely N-dealkylation sites (tertiary alicyclic amines) is 1. The van der Waals surface area contributed by atoms with Gasteiger partial charge in [0.2, 0.25) is 0 Å². The van der Waals surface area contributed by atoms with Gasteiger partial charge in [0, 0.05) is 58.4 Å². The van der Waals surface area contributed by atoms with Crippen LogP contribution >= 0.6 is 24.0 Å². The molecule has 4 fully saturated rings. The van der Waals surface area contributed by atoms with Gasteiger partial charge in [-0.05, 0) is 31.2 Å². The van der Waals surface area contributed by atoms with Gasteiger partial charge in [0.05, 0.1) is 6.54 Å². The molecule has 0 amide bonds. The molecule has 4 saturated heterocycles. The fraction of sp³-hybridized carbons (Fsp3) is 0.667. The van der Waals surface area contributed by atoms with Gasteiger partial charge >= 0.3 is 0 Å². The van der Waals surface area contributed by atoms with Crippen LogP contribution in [0.25, 0.3) is 0 Å². The highest BCUT2D eigenvalue weighted by Crippen LogP contribution is 2.21. The first-order chi connectivity index (χ1) is 12.8. The number of benzene rings is 1. The summed E-state index contributed by atoms with van der Waals surface area (Å²) >= 11 is 0. The first-order valence-corrected chi connectivity index (χ1v) is 10.4. The quantitative estimate of drug-likeness (QED) is 0.396. The minimum absolute atomic E-state index is 0. The van der Waals surface area contributed by atoms with Crippen LogP contribution in [0, 0.1) is 5.92 Å². The zero-order chi connectivity index (χ0) is 17.8. The Labute approximate surface area is 181 Å². The number of hydrogen-bond donors (Lipinski definition) is 1. The lowest BCUT2D eigenvalue weighted by Crippen LogP contribution is -2.62. The number of hydrogen-bond acceptors (Lipinski definition) is 3. The van der Waals surface area contributed by atoms with Crippen LogP contribution in [0.15, 0.2) is 35.3 Å². The van der Waals surface area contributed by atoms with Crippen molar-refractivity contribution in [2.24, 2.45) is 10.9 Å². The third-order valence-corrected chi connectivity index (χ3v) is 6.13. The Bertz CT molecular complexity index is 600. The van der Waals surface area contributed by atoms with E-state index in [2.05, 4.69) is 57.3 Å². The zero-order valence-corrected chi connectivity index (χ0v) is 18.8. The van der Waals surface area contributed by atoms with Gasteiger partial charge in [0.1, 0.15) is 0 Å². The van der Waals surface area contributed by atoms with Gasteiger partial charge in [-0.3, -0.25) is 14.8 Å². The molecule has 4 heterocycles. The molecule has 1 aromatic carbocycles. The highest BCUT2D eigenvalue weighted by molar-refractivity contribution is 14.0. The molecule has 0 saturated carbocycles. The maximum Gasteiger partial charge on any atom is 0.193 e. The maximum atomic E-state index is 5.04. The molecule has 2 atom stereocenters. The van der Waals surface area contributed by atoms with E-state index >= 15 is 0 Å². The summed E-state index contributed by atoms with van der Waals surface area (Å²) in [7, 11) is 0. The lowest BCUT2D eigenvalue weighted by atomic mass is 9.99. The molecule has 1 N–H and O–H groups in total. The van der Waals surface area contributed by atoms with Crippen LogP contribution in [0.3, 0.4) is 0 Å². The van der Waals surface area contributed by atoms with Crippen LogP contribution in [-0.2, 0) is 6.42 Å². The van der Waals surface area contributed by atoms with Crippen molar-refractivity contribution in [2.45, 2.75) is 25.8 Å². The number of nitrogens with one attached hydrogen (secondary N) is 1. The summed E-state index contributed by atoms with van der Waals surface area (Å²) in [5.74, 6) is 1.86. The fourth-order valence-corrected chi connectivity index (χ4v) is 4.65. The van der Waals surface area contributed by atoms with Gasteiger partial charge in [-0.1, -0.05) is 30.3 Å². The Kier molecular flexibility index (Phi) is 7.78. The van der Waals surface area contributed by atoms with Crippen LogP contribution < -0.4 is 5.32 Å². The van der Waals surface area contributed by atoms with E-state index < -0.39 is 0 Å². The molecule has 0 spiro atoms. The largest absolute Gasteiger partial charge is 0.357 e. The summed E-state index contributed by atoms with van der Waals surface area (Å²) < 4.78 is 0. The van der Waals surface area contributed by atoms with E-state index in [0.29, 0.717) is 6.04 Å². The lowest BCUT2D eigenvalue weighted by molar-refractivity contribution is 0.0173. The minimum Gasteiger partial charge on any atom is -0.357 e. The van der Waals surface area contributed by atoms with Crippen LogP contribution in [-0.4, -0.2) is 85.6 Å². The number of piperazine rings is 3. The summed E-state index contributed by atoms with van der Waals surface area (Å²) in [6, 6.07) is 11.5. The molecular weight excluding hydrogens is 449 g/mol. The van der Waals surface area contributed by atoms with Gasteiger partial charge in [-0.15, -0.1) is 24.0 Å². The van der Waals surface area contributed by atoms with Crippen molar-refractivity contribution in [2.75, 3.05) is 58.9 Å². The topological polar surface area (TPSA) is 34.1 Å². The van der Waals surface area contributed by atoms with Crippen LogP contribution in [0.4, 0.5) is 0 Å². The highest BCUT2D eigenvalue weighted by atomic mass is 127. The number of halogens is 1. The third-order valence-electron chi connectivity index (χ3n) is 6.13. The standard InChI is InChI=1S/C21H33N5.HI/c1-2-22-21(23-15-20-17-24-10-12-25(20)13-11-24)26-9-8-19(16-26)14-18-6-4-3-5-7-18;/h3-7,19-20H,2,8-17H2,1H3,(H,22,23);1H. The molecular formula is C21H34IN5. The first kappa shape index (κ1) is 20.9. The summed E-state index contributed by atoms with van der Waals surface area (Å²) in [4.78, 5) is 12.8. The first-order valence-electron chi connectivity index (χ1n) is 10.4. The van der Waals surface area contributed by atoms with E-state index in [-0.39, 0.29) is 24.0 Å². The molecule has 2 bridgehead atoms. The smallest absolute Gasteiger partial charge is 0.193 e. The minimum atomic E-state index is 0. The van der Waals surface area contributed by atoms with Crippen molar-refractivity contribution < 1.29 is 0 Å². The number of fused-ring (bicyclic) bond motifs is 3. The fourth-order valence-electron chi connectivity index (χ4n) is 4.65. The van der Waals surface area contributed by atoms with Crippen LogP contribution in [0.1, 0.15) is 18.9 Å². The number of rotatable bonds is 5. The molecule has 150 valence electrons. The van der Waals surface area contributed by atoms with E-state index in [1.54, 1.807) is 0 Å². The molecule has 5 rings (SSSR count). The Morgan fingerprint density at radius 3 is 2.52 bits per heavy atom. The summed E-state index contributed by atoms with van der Waals surface area (Å²) in [6.07, 6.45) is 2.45. The zero-order valence-electron chi connectivity index (χ0n) is 16.5.